The first-order valence-electron chi connectivity index (χ1n) is 9.73. The molecule has 0 atom stereocenters. The summed E-state index contributed by atoms with van der Waals surface area (Å²) in [6.45, 7) is 0.428. The summed E-state index contributed by atoms with van der Waals surface area (Å²) in [7, 11) is 0. The number of anilines is 1. The molecular formula is C23H16ClN5O2S. The van der Waals surface area contributed by atoms with Crippen molar-refractivity contribution in [1.82, 2.24) is 14.9 Å². The SMILES string of the molecule is O=C1Nc2ccccc2/C1=N\n1c(-c2ccc(OCc3ccc(Cl)cc3)cc2)n[nH]c1=S. The van der Waals surface area contributed by atoms with Crippen LogP contribution >= 0.6 is 23.8 Å². The van der Waals surface area contributed by atoms with Gasteiger partial charge in [0.2, 0.25) is 4.77 Å². The maximum Gasteiger partial charge on any atom is 0.276 e. The molecular weight excluding hydrogens is 446 g/mol. The predicted molar refractivity (Wildman–Crippen MR) is 126 cm³/mol. The number of ether oxygens (including phenoxy) is 1. The standard InChI is InChI=1S/C23H16ClN5O2S/c24-16-9-5-14(6-10-16)13-31-17-11-7-15(8-12-17)21-26-27-23(32)29(21)28-20-18-3-1-2-4-19(18)25-22(20)30/h1-12H,13H2,(H,27,32)(H,25,28,30). The monoisotopic (exact) mass is 461 g/mol. The highest BCUT2D eigenvalue weighted by Crippen LogP contribution is 2.25. The fraction of sp³-hybridized carbons (Fsp3) is 0.0435. The average Bonchev–Trinajstić information content (AvgIpc) is 3.33. The molecule has 0 saturated heterocycles. The van der Waals surface area contributed by atoms with Crippen LogP contribution in [0.25, 0.3) is 11.4 Å². The van der Waals surface area contributed by atoms with Crippen LogP contribution in [0.4, 0.5) is 5.69 Å². The van der Waals surface area contributed by atoms with Gasteiger partial charge in [0.05, 0.1) is 5.69 Å². The minimum absolute atomic E-state index is 0.280. The van der Waals surface area contributed by atoms with Crippen LogP contribution in [-0.2, 0) is 11.4 Å². The number of nitrogens with zero attached hydrogens (tertiary/aromatic N) is 3. The van der Waals surface area contributed by atoms with E-state index in [4.69, 9.17) is 28.6 Å². The molecule has 1 aliphatic rings. The van der Waals surface area contributed by atoms with Crippen molar-refractivity contribution in [2.75, 3.05) is 5.32 Å². The maximum atomic E-state index is 12.4. The molecule has 2 heterocycles. The summed E-state index contributed by atoms with van der Waals surface area (Å²) < 4.78 is 7.58. The van der Waals surface area contributed by atoms with E-state index in [1.807, 2.05) is 72.8 Å². The maximum absolute atomic E-state index is 12.4. The van der Waals surface area contributed by atoms with E-state index in [1.165, 1.54) is 4.68 Å². The third-order valence-electron chi connectivity index (χ3n) is 4.93. The summed E-state index contributed by atoms with van der Waals surface area (Å²) in [5.74, 6) is 0.912. The summed E-state index contributed by atoms with van der Waals surface area (Å²) in [6, 6.07) is 22.3. The van der Waals surface area contributed by atoms with Crippen molar-refractivity contribution in [3.8, 4) is 17.1 Å². The number of para-hydroxylation sites is 1. The highest BCUT2D eigenvalue weighted by atomic mass is 35.5. The van der Waals surface area contributed by atoms with Gasteiger partial charge in [0.15, 0.2) is 11.5 Å². The molecule has 4 aromatic rings. The van der Waals surface area contributed by atoms with Gasteiger partial charge in [-0.15, -0.1) is 0 Å². The van der Waals surface area contributed by atoms with Crippen LogP contribution in [-0.4, -0.2) is 26.5 Å². The number of amides is 1. The van der Waals surface area contributed by atoms with Crippen LogP contribution in [0.15, 0.2) is 77.9 Å². The van der Waals surface area contributed by atoms with Gasteiger partial charge in [-0.2, -0.15) is 14.9 Å². The Hall–Kier alpha value is -3.75. The minimum atomic E-state index is -0.286. The number of aromatic nitrogens is 3. The summed E-state index contributed by atoms with van der Waals surface area (Å²) in [5.41, 5.74) is 3.51. The predicted octanol–water partition coefficient (Wildman–Crippen LogP) is 5.04. The number of H-pyrrole nitrogens is 1. The van der Waals surface area contributed by atoms with Gasteiger partial charge in [-0.05, 0) is 60.2 Å². The lowest BCUT2D eigenvalue weighted by Crippen LogP contribution is -2.16. The Balaban J connectivity index is 1.40. The molecule has 0 spiro atoms. The zero-order valence-corrected chi connectivity index (χ0v) is 18.2. The van der Waals surface area contributed by atoms with Gasteiger partial charge < -0.3 is 10.1 Å². The Morgan fingerprint density at radius 1 is 1.03 bits per heavy atom. The number of hydrogen-bond donors (Lipinski definition) is 2. The Morgan fingerprint density at radius 3 is 2.56 bits per heavy atom. The third-order valence-corrected chi connectivity index (χ3v) is 5.44. The molecule has 1 aromatic heterocycles. The Bertz CT molecular complexity index is 1390. The van der Waals surface area contributed by atoms with E-state index in [-0.39, 0.29) is 16.4 Å². The van der Waals surface area contributed by atoms with Crippen LogP contribution in [0.3, 0.4) is 0 Å². The summed E-state index contributed by atoms with van der Waals surface area (Å²) >= 11 is 11.3. The first kappa shape index (κ1) is 20.2. The molecule has 0 aliphatic carbocycles. The molecule has 7 nitrogen and oxygen atoms in total. The highest BCUT2D eigenvalue weighted by molar-refractivity contribution is 7.71. The third kappa shape index (κ3) is 3.93. The molecule has 5 rings (SSSR count). The van der Waals surface area contributed by atoms with E-state index >= 15 is 0 Å². The van der Waals surface area contributed by atoms with Gasteiger partial charge in [-0.1, -0.05) is 41.9 Å². The van der Waals surface area contributed by atoms with Gasteiger partial charge >= 0.3 is 0 Å². The minimum Gasteiger partial charge on any atom is -0.489 e. The second-order valence-corrected chi connectivity index (χ2v) is 7.88. The van der Waals surface area contributed by atoms with Crippen LogP contribution in [0.1, 0.15) is 11.1 Å². The van der Waals surface area contributed by atoms with Crippen molar-refractivity contribution in [2.24, 2.45) is 5.10 Å². The molecule has 0 unspecified atom stereocenters. The van der Waals surface area contributed by atoms with Gasteiger partial charge in [-0.3, -0.25) is 4.79 Å². The largest absolute Gasteiger partial charge is 0.489 e. The molecule has 32 heavy (non-hydrogen) atoms. The second-order valence-electron chi connectivity index (χ2n) is 7.05. The number of carbonyl (C=O) groups excluding carboxylic acids is 1. The first-order valence-corrected chi connectivity index (χ1v) is 10.5. The van der Waals surface area contributed by atoms with Crippen molar-refractivity contribution in [3.05, 3.63) is 93.7 Å². The van der Waals surface area contributed by atoms with Crippen molar-refractivity contribution >= 4 is 41.1 Å². The number of carbonyl (C=O) groups is 1. The fourth-order valence-corrected chi connectivity index (χ4v) is 3.62. The smallest absolute Gasteiger partial charge is 0.276 e. The number of aromatic amines is 1. The van der Waals surface area contributed by atoms with E-state index in [1.54, 1.807) is 0 Å². The van der Waals surface area contributed by atoms with Crippen molar-refractivity contribution in [2.45, 2.75) is 6.61 Å². The molecule has 0 radical (unpaired) electrons. The number of benzene rings is 3. The number of fused-ring (bicyclic) bond motifs is 1. The van der Waals surface area contributed by atoms with Crippen molar-refractivity contribution < 1.29 is 9.53 Å². The van der Waals surface area contributed by atoms with Crippen LogP contribution in [0.2, 0.25) is 5.02 Å². The van der Waals surface area contributed by atoms with Crippen LogP contribution < -0.4 is 10.1 Å². The topological polar surface area (TPSA) is 84.3 Å². The Morgan fingerprint density at radius 2 is 1.78 bits per heavy atom. The zero-order chi connectivity index (χ0) is 22.1. The number of hydrogen-bond acceptors (Lipinski definition) is 5. The van der Waals surface area contributed by atoms with E-state index in [9.17, 15) is 4.79 Å². The van der Waals surface area contributed by atoms with Gasteiger partial charge in [0, 0.05) is 16.1 Å². The quantitative estimate of drug-likeness (QED) is 0.407. The number of rotatable bonds is 5. The van der Waals surface area contributed by atoms with Gasteiger partial charge in [-0.25, -0.2) is 5.10 Å². The van der Waals surface area contributed by atoms with E-state index in [0.29, 0.717) is 23.2 Å². The zero-order valence-electron chi connectivity index (χ0n) is 16.6. The van der Waals surface area contributed by atoms with Gasteiger partial charge in [0.25, 0.3) is 5.91 Å². The average molecular weight is 462 g/mol. The van der Waals surface area contributed by atoms with Gasteiger partial charge in [0.1, 0.15) is 12.4 Å². The second kappa shape index (κ2) is 8.41. The van der Waals surface area contributed by atoms with Crippen LogP contribution in [0, 0.1) is 4.77 Å². The summed E-state index contributed by atoms with van der Waals surface area (Å²) in [5, 5.41) is 15.0. The number of halogens is 1. The lowest BCUT2D eigenvalue weighted by Gasteiger charge is -2.08. The van der Waals surface area contributed by atoms with Crippen LogP contribution in [0.5, 0.6) is 5.75 Å². The highest BCUT2D eigenvalue weighted by Gasteiger charge is 2.26. The molecule has 9 heteroatoms. The molecule has 0 saturated carbocycles. The Labute approximate surface area is 193 Å². The lowest BCUT2D eigenvalue weighted by molar-refractivity contribution is -0.110. The van der Waals surface area contributed by atoms with E-state index in [0.717, 1.165) is 22.4 Å². The molecule has 158 valence electrons. The first-order chi connectivity index (χ1) is 15.6. The normalized spacial score (nSPS) is 13.8. The summed E-state index contributed by atoms with van der Waals surface area (Å²) in [4.78, 5) is 12.4. The van der Waals surface area contributed by atoms with Crippen molar-refractivity contribution in [1.29, 1.82) is 0 Å². The molecule has 2 N–H and O–H groups in total. The van der Waals surface area contributed by atoms with Crippen molar-refractivity contribution in [3.63, 3.8) is 0 Å². The molecule has 0 bridgehead atoms. The molecule has 0 fully saturated rings. The Kier molecular flexibility index (Phi) is 5.30. The summed E-state index contributed by atoms with van der Waals surface area (Å²) in [6.07, 6.45) is 0. The fourth-order valence-electron chi connectivity index (χ4n) is 3.32. The molecule has 1 amide bonds. The lowest BCUT2D eigenvalue weighted by atomic mass is 10.1. The molecule has 1 aliphatic heterocycles. The molecule has 3 aromatic carbocycles. The van der Waals surface area contributed by atoms with E-state index in [2.05, 4.69) is 20.6 Å². The van der Waals surface area contributed by atoms with E-state index < -0.39 is 0 Å². The number of nitrogens with one attached hydrogen (secondary N) is 2.